The zero-order chi connectivity index (χ0) is 18.8. The minimum Gasteiger partial charge on any atom is -0.426 e. The maximum absolute atomic E-state index is 12.4. The summed E-state index contributed by atoms with van der Waals surface area (Å²) in [4.78, 5) is 36.4. The first-order chi connectivity index (χ1) is 12.3. The number of carbonyl (C=O) groups is 2. The second-order valence-electron chi connectivity index (χ2n) is 6.42. The topological polar surface area (TPSA) is 89.8 Å². The number of nitro benzene ring substituents is 1. The van der Waals surface area contributed by atoms with E-state index in [0.29, 0.717) is 0 Å². The summed E-state index contributed by atoms with van der Waals surface area (Å²) in [7, 11) is 0. The van der Waals surface area contributed by atoms with E-state index in [1.165, 1.54) is 24.3 Å². The lowest BCUT2D eigenvalue weighted by Crippen LogP contribution is -2.27. The zero-order valence-electron chi connectivity index (χ0n) is 14.5. The number of amides is 1. The average molecular weight is 354 g/mol. The Balaban J connectivity index is 1.69. The first-order valence-corrected chi connectivity index (χ1v) is 8.18. The molecule has 1 fully saturated rings. The highest BCUT2D eigenvalue weighted by atomic mass is 16.6. The van der Waals surface area contributed by atoms with Crippen LogP contribution in [0, 0.1) is 29.9 Å². The molecule has 2 aromatic carbocycles. The van der Waals surface area contributed by atoms with E-state index in [-0.39, 0.29) is 30.3 Å². The lowest BCUT2D eigenvalue weighted by atomic mass is 10.1. The molecule has 0 N–H and O–H groups in total. The van der Waals surface area contributed by atoms with Crippen LogP contribution in [0.25, 0.3) is 0 Å². The molecule has 0 saturated carbocycles. The summed E-state index contributed by atoms with van der Waals surface area (Å²) in [6.07, 6.45) is 0.0821. The Kier molecular flexibility index (Phi) is 4.71. The molecular formula is C19H18N2O5. The van der Waals surface area contributed by atoms with Gasteiger partial charge < -0.3 is 9.64 Å². The standard InChI is InChI=1S/C19H18N2O5/c1-12-7-13(2)9-16(8-12)20-11-14(10-18(20)22)19(23)26-17-5-3-15(4-6-17)21(24)25/h3-9,14H,10-11H2,1-2H3/t14-/m1/s1. The molecule has 7 nitrogen and oxygen atoms in total. The smallest absolute Gasteiger partial charge is 0.316 e. The Hall–Kier alpha value is -3.22. The summed E-state index contributed by atoms with van der Waals surface area (Å²) in [5.41, 5.74) is 2.79. The molecule has 1 amide bonds. The van der Waals surface area contributed by atoms with Crippen molar-refractivity contribution in [3.05, 3.63) is 63.7 Å². The van der Waals surface area contributed by atoms with Gasteiger partial charge in [0.05, 0.1) is 10.8 Å². The lowest BCUT2D eigenvalue weighted by Gasteiger charge is -2.18. The van der Waals surface area contributed by atoms with Gasteiger partial charge >= 0.3 is 5.97 Å². The highest BCUT2D eigenvalue weighted by molar-refractivity contribution is 5.99. The molecule has 1 aliphatic rings. The van der Waals surface area contributed by atoms with Crippen LogP contribution in [0.2, 0.25) is 0 Å². The molecule has 0 unspecified atom stereocenters. The van der Waals surface area contributed by atoms with Gasteiger partial charge in [0.15, 0.2) is 0 Å². The molecule has 7 heteroatoms. The molecule has 26 heavy (non-hydrogen) atoms. The molecule has 2 aromatic rings. The second-order valence-corrected chi connectivity index (χ2v) is 6.42. The Morgan fingerprint density at radius 1 is 1.15 bits per heavy atom. The number of nitro groups is 1. The van der Waals surface area contributed by atoms with Gasteiger partial charge in [0.2, 0.25) is 5.91 Å². The SMILES string of the molecule is Cc1cc(C)cc(N2C[C@H](C(=O)Oc3ccc([N+](=O)[O-])cc3)CC2=O)c1. The van der Waals surface area contributed by atoms with Crippen LogP contribution in [0.3, 0.4) is 0 Å². The van der Waals surface area contributed by atoms with Gasteiger partial charge in [-0.2, -0.15) is 0 Å². The number of aryl methyl sites for hydroxylation is 2. The van der Waals surface area contributed by atoms with Crippen LogP contribution in [0.1, 0.15) is 17.5 Å². The van der Waals surface area contributed by atoms with Crippen molar-refractivity contribution in [3.63, 3.8) is 0 Å². The molecular weight excluding hydrogens is 336 g/mol. The van der Waals surface area contributed by atoms with Crippen molar-refractivity contribution in [2.24, 2.45) is 5.92 Å². The highest BCUT2D eigenvalue weighted by Crippen LogP contribution is 2.28. The maximum Gasteiger partial charge on any atom is 0.316 e. The summed E-state index contributed by atoms with van der Waals surface area (Å²) in [6.45, 7) is 4.17. The third-order valence-corrected chi connectivity index (χ3v) is 4.24. The monoisotopic (exact) mass is 354 g/mol. The van der Waals surface area contributed by atoms with Crippen LogP contribution >= 0.6 is 0 Å². The van der Waals surface area contributed by atoms with Crippen LogP contribution in [0.15, 0.2) is 42.5 Å². The Morgan fingerprint density at radius 3 is 2.35 bits per heavy atom. The van der Waals surface area contributed by atoms with Gasteiger partial charge in [-0.3, -0.25) is 19.7 Å². The van der Waals surface area contributed by atoms with Crippen LogP contribution in [0.5, 0.6) is 5.75 Å². The van der Waals surface area contributed by atoms with Crippen LogP contribution < -0.4 is 9.64 Å². The molecule has 3 rings (SSSR count). The fourth-order valence-electron chi connectivity index (χ4n) is 3.06. The van der Waals surface area contributed by atoms with E-state index >= 15 is 0 Å². The number of rotatable bonds is 4. The van der Waals surface area contributed by atoms with Gasteiger partial charge in [-0.15, -0.1) is 0 Å². The molecule has 1 atom stereocenters. The molecule has 0 aromatic heterocycles. The van der Waals surface area contributed by atoms with Crippen molar-refractivity contribution < 1.29 is 19.2 Å². The van der Waals surface area contributed by atoms with E-state index in [9.17, 15) is 19.7 Å². The third kappa shape index (κ3) is 3.72. The van der Waals surface area contributed by atoms with Crippen molar-refractivity contribution in [1.29, 1.82) is 0 Å². The molecule has 0 radical (unpaired) electrons. The van der Waals surface area contributed by atoms with Crippen molar-refractivity contribution >= 4 is 23.3 Å². The number of hydrogen-bond donors (Lipinski definition) is 0. The molecule has 0 bridgehead atoms. The number of carbonyl (C=O) groups excluding carboxylic acids is 2. The zero-order valence-corrected chi connectivity index (χ0v) is 14.5. The van der Waals surface area contributed by atoms with Crippen LogP contribution in [0.4, 0.5) is 11.4 Å². The molecule has 1 aliphatic heterocycles. The van der Waals surface area contributed by atoms with Gasteiger partial charge in [0.25, 0.3) is 5.69 Å². The molecule has 134 valence electrons. The van der Waals surface area contributed by atoms with E-state index < -0.39 is 16.8 Å². The largest absolute Gasteiger partial charge is 0.426 e. The Labute approximate surface area is 150 Å². The quantitative estimate of drug-likeness (QED) is 0.364. The van der Waals surface area contributed by atoms with Gasteiger partial charge in [-0.25, -0.2) is 0 Å². The van der Waals surface area contributed by atoms with Gasteiger partial charge in [-0.05, 0) is 49.2 Å². The molecule has 0 spiro atoms. The van der Waals surface area contributed by atoms with Crippen molar-refractivity contribution in [2.45, 2.75) is 20.3 Å². The van der Waals surface area contributed by atoms with E-state index in [4.69, 9.17) is 4.74 Å². The fourth-order valence-corrected chi connectivity index (χ4v) is 3.06. The first-order valence-electron chi connectivity index (χ1n) is 8.18. The van der Waals surface area contributed by atoms with Crippen molar-refractivity contribution in [3.8, 4) is 5.75 Å². The fraction of sp³-hybridized carbons (Fsp3) is 0.263. The number of hydrogen-bond acceptors (Lipinski definition) is 5. The summed E-state index contributed by atoms with van der Waals surface area (Å²) >= 11 is 0. The van der Waals surface area contributed by atoms with E-state index in [0.717, 1.165) is 16.8 Å². The predicted molar refractivity (Wildman–Crippen MR) is 95.1 cm³/mol. The number of ether oxygens (including phenoxy) is 1. The predicted octanol–water partition coefficient (Wildman–Crippen LogP) is 3.17. The number of non-ortho nitro benzene ring substituents is 1. The summed E-state index contributed by atoms with van der Waals surface area (Å²) in [5, 5.41) is 10.7. The lowest BCUT2D eigenvalue weighted by molar-refractivity contribution is -0.384. The average Bonchev–Trinajstić information content (AvgIpc) is 2.96. The second kappa shape index (κ2) is 6.95. The summed E-state index contributed by atoms with van der Waals surface area (Å²) in [5.74, 6) is -0.990. The number of esters is 1. The van der Waals surface area contributed by atoms with Crippen LogP contribution in [-0.2, 0) is 9.59 Å². The summed E-state index contributed by atoms with van der Waals surface area (Å²) < 4.78 is 5.27. The molecule has 0 aliphatic carbocycles. The molecule has 1 heterocycles. The third-order valence-electron chi connectivity index (χ3n) is 4.24. The normalized spacial score (nSPS) is 16.6. The van der Waals surface area contributed by atoms with Gasteiger partial charge in [0.1, 0.15) is 5.75 Å². The van der Waals surface area contributed by atoms with Crippen LogP contribution in [-0.4, -0.2) is 23.3 Å². The summed E-state index contributed by atoms with van der Waals surface area (Å²) in [6, 6.07) is 11.1. The number of anilines is 1. The number of benzene rings is 2. The minimum absolute atomic E-state index is 0.0816. The van der Waals surface area contributed by atoms with Crippen molar-refractivity contribution in [1.82, 2.24) is 0 Å². The van der Waals surface area contributed by atoms with Crippen molar-refractivity contribution in [2.75, 3.05) is 11.4 Å². The van der Waals surface area contributed by atoms with E-state index in [2.05, 4.69) is 0 Å². The minimum atomic E-state index is -0.571. The van der Waals surface area contributed by atoms with Gasteiger partial charge in [-0.1, -0.05) is 6.07 Å². The maximum atomic E-state index is 12.4. The Bertz CT molecular complexity index is 856. The first kappa shape index (κ1) is 17.6. The molecule has 1 saturated heterocycles. The Morgan fingerprint density at radius 2 is 1.77 bits per heavy atom. The van der Waals surface area contributed by atoms with E-state index in [1.807, 2.05) is 32.0 Å². The van der Waals surface area contributed by atoms with E-state index in [1.54, 1.807) is 4.90 Å². The number of nitrogens with zero attached hydrogens (tertiary/aromatic N) is 2. The highest BCUT2D eigenvalue weighted by Gasteiger charge is 2.36. The van der Waals surface area contributed by atoms with Gasteiger partial charge in [0, 0.05) is 30.8 Å².